The van der Waals surface area contributed by atoms with Gasteiger partial charge in [-0.1, -0.05) is 157 Å². The van der Waals surface area contributed by atoms with E-state index in [1.165, 1.54) is 72.3 Å². The Balaban J connectivity index is 1.05. The van der Waals surface area contributed by atoms with Crippen molar-refractivity contribution in [3.63, 3.8) is 0 Å². The molecule has 3 heteroatoms. The van der Waals surface area contributed by atoms with Gasteiger partial charge in [0, 0.05) is 32.8 Å². The normalized spacial score (nSPS) is 17.1. The molecule has 0 saturated heterocycles. The monoisotopic (exact) mass is 760 g/mol. The summed E-state index contributed by atoms with van der Waals surface area (Å²) in [6.07, 6.45) is 9.81. The molecule has 59 heavy (non-hydrogen) atoms. The molecule has 0 radical (unpaired) electrons. The van der Waals surface area contributed by atoms with Crippen molar-refractivity contribution in [1.29, 1.82) is 0 Å². The SMILES string of the molecule is CC1(C)C2=C(CC=CC=C2)c2ccc(-c3nc(-c4ccc5c(c4)C(C)(C)c4ccccc4-5)c4c(n3)oc3ccc(-c5ccc6c(c5)C(C)(C)c5ccccc5-6)cc34)cc21. The van der Waals surface area contributed by atoms with Crippen molar-refractivity contribution in [2.45, 2.75) is 64.2 Å². The lowest BCUT2D eigenvalue weighted by Crippen LogP contribution is -2.16. The molecule has 0 amide bonds. The van der Waals surface area contributed by atoms with E-state index < -0.39 is 0 Å². The Morgan fingerprint density at radius 3 is 1.78 bits per heavy atom. The van der Waals surface area contributed by atoms with Gasteiger partial charge in [-0.05, 0) is 115 Å². The van der Waals surface area contributed by atoms with Crippen LogP contribution in [0, 0.1) is 0 Å². The summed E-state index contributed by atoms with van der Waals surface area (Å²) in [4.78, 5) is 10.8. The smallest absolute Gasteiger partial charge is 0.231 e. The summed E-state index contributed by atoms with van der Waals surface area (Å²) in [5.41, 5.74) is 22.4. The van der Waals surface area contributed by atoms with Crippen molar-refractivity contribution in [3.05, 3.63) is 185 Å². The van der Waals surface area contributed by atoms with Gasteiger partial charge < -0.3 is 4.42 Å². The van der Waals surface area contributed by atoms with Gasteiger partial charge in [0.15, 0.2) is 5.82 Å². The van der Waals surface area contributed by atoms with E-state index >= 15 is 0 Å². The number of allylic oxidation sites excluding steroid dienone is 6. The molecule has 0 atom stereocenters. The van der Waals surface area contributed by atoms with Crippen LogP contribution < -0.4 is 0 Å². The summed E-state index contributed by atoms with van der Waals surface area (Å²) in [6.45, 7) is 14.0. The molecule has 0 unspecified atom stereocenters. The first-order chi connectivity index (χ1) is 28.5. The molecule has 0 aliphatic heterocycles. The number of furan rings is 1. The molecular formula is C56H44N2O. The first kappa shape index (κ1) is 34.5. The highest BCUT2D eigenvalue weighted by atomic mass is 16.3. The van der Waals surface area contributed by atoms with Crippen molar-refractivity contribution in [2.24, 2.45) is 0 Å². The molecule has 0 saturated carbocycles. The Labute approximate surface area is 345 Å². The Kier molecular flexibility index (Phi) is 6.87. The Bertz CT molecular complexity index is 3270. The summed E-state index contributed by atoms with van der Waals surface area (Å²) >= 11 is 0. The van der Waals surface area contributed by atoms with E-state index in [9.17, 15) is 0 Å². The van der Waals surface area contributed by atoms with Gasteiger partial charge in [0.25, 0.3) is 0 Å². The van der Waals surface area contributed by atoms with E-state index in [0.717, 1.165) is 45.2 Å². The zero-order valence-electron chi connectivity index (χ0n) is 34.4. The van der Waals surface area contributed by atoms with E-state index in [1.54, 1.807) is 0 Å². The lowest BCUT2D eigenvalue weighted by molar-refractivity contribution is 0.652. The molecule has 3 nitrogen and oxygen atoms in total. The van der Waals surface area contributed by atoms with Crippen molar-refractivity contribution in [3.8, 4) is 56.0 Å². The highest BCUT2D eigenvalue weighted by Gasteiger charge is 2.38. The fraction of sp³-hybridized carbons (Fsp3) is 0.179. The minimum Gasteiger partial charge on any atom is -0.438 e. The van der Waals surface area contributed by atoms with E-state index in [2.05, 4.69) is 187 Å². The van der Waals surface area contributed by atoms with Crippen molar-refractivity contribution < 1.29 is 4.42 Å². The Morgan fingerprint density at radius 1 is 0.492 bits per heavy atom. The standard InChI is InChI=1S/C56H44N2O/c1-54(2)44-18-12-10-15-37(44)39-24-20-33(29-46(39)54)32-23-27-49-42(28-32)50-51(34-21-25-40-38-16-11-13-19-45(38)55(3,4)47(40)30-34)57-52(58-53(50)59-49)35-22-26-41-36-14-8-7-9-17-43(36)56(5,6)48(41)31-35/h7-13,15-31H,14H2,1-6H3. The number of hydrogen-bond donors (Lipinski definition) is 0. The lowest BCUT2D eigenvalue weighted by atomic mass is 9.80. The minimum atomic E-state index is -0.149. The fourth-order valence-electron chi connectivity index (χ4n) is 11.0. The van der Waals surface area contributed by atoms with E-state index in [0.29, 0.717) is 11.5 Å². The van der Waals surface area contributed by atoms with Crippen LogP contribution in [0.15, 0.2) is 156 Å². The van der Waals surface area contributed by atoms with Gasteiger partial charge in [-0.15, -0.1) is 0 Å². The van der Waals surface area contributed by atoms with Crippen molar-refractivity contribution in [2.75, 3.05) is 0 Å². The molecule has 4 aliphatic rings. The second-order valence-electron chi connectivity index (χ2n) is 18.5. The van der Waals surface area contributed by atoms with Crippen LogP contribution in [-0.2, 0) is 16.2 Å². The summed E-state index contributed by atoms with van der Waals surface area (Å²) in [5, 5.41) is 1.97. The molecule has 8 aromatic rings. The van der Waals surface area contributed by atoms with Crippen LogP contribution >= 0.6 is 0 Å². The zero-order chi connectivity index (χ0) is 40.0. The Morgan fingerprint density at radius 2 is 1.05 bits per heavy atom. The third-order valence-electron chi connectivity index (χ3n) is 14.2. The predicted octanol–water partition coefficient (Wildman–Crippen LogP) is 14.6. The lowest BCUT2D eigenvalue weighted by Gasteiger charge is -2.23. The van der Waals surface area contributed by atoms with Gasteiger partial charge in [-0.2, -0.15) is 4.98 Å². The van der Waals surface area contributed by atoms with Crippen LogP contribution in [0.4, 0.5) is 0 Å². The molecule has 284 valence electrons. The summed E-state index contributed by atoms with van der Waals surface area (Å²) in [5.74, 6) is 0.673. The number of nitrogens with zero attached hydrogens (tertiary/aromatic N) is 2. The maximum atomic E-state index is 6.75. The molecule has 2 aromatic heterocycles. The maximum Gasteiger partial charge on any atom is 0.231 e. The largest absolute Gasteiger partial charge is 0.438 e. The van der Waals surface area contributed by atoms with Gasteiger partial charge in [0.05, 0.1) is 11.1 Å². The molecule has 12 rings (SSSR count). The molecule has 0 bridgehead atoms. The predicted molar refractivity (Wildman–Crippen MR) is 244 cm³/mol. The summed E-state index contributed by atoms with van der Waals surface area (Å²) in [7, 11) is 0. The van der Waals surface area contributed by atoms with E-state index in [4.69, 9.17) is 14.4 Å². The van der Waals surface area contributed by atoms with E-state index in [1.807, 2.05) is 0 Å². The molecule has 4 aliphatic carbocycles. The van der Waals surface area contributed by atoms with Crippen molar-refractivity contribution >= 4 is 27.6 Å². The third-order valence-corrected chi connectivity index (χ3v) is 14.2. The van der Waals surface area contributed by atoms with Crippen LogP contribution in [0.3, 0.4) is 0 Å². The number of fused-ring (bicyclic) bond motifs is 11. The van der Waals surface area contributed by atoms with Gasteiger partial charge in [0.1, 0.15) is 5.58 Å². The van der Waals surface area contributed by atoms with Crippen LogP contribution in [-0.4, -0.2) is 9.97 Å². The molecule has 2 heterocycles. The topological polar surface area (TPSA) is 38.9 Å². The second-order valence-corrected chi connectivity index (χ2v) is 18.5. The maximum absolute atomic E-state index is 6.75. The number of hydrogen-bond acceptors (Lipinski definition) is 3. The van der Waals surface area contributed by atoms with Crippen LogP contribution in [0.2, 0.25) is 0 Å². The average Bonchev–Trinajstić information content (AvgIpc) is 3.78. The molecular weight excluding hydrogens is 717 g/mol. The van der Waals surface area contributed by atoms with Crippen molar-refractivity contribution in [1.82, 2.24) is 9.97 Å². The Hall–Kier alpha value is -6.58. The number of rotatable bonds is 3. The first-order valence-electron chi connectivity index (χ1n) is 21.0. The van der Waals surface area contributed by atoms with Crippen LogP contribution in [0.5, 0.6) is 0 Å². The fourth-order valence-corrected chi connectivity index (χ4v) is 11.0. The van der Waals surface area contributed by atoms with E-state index in [-0.39, 0.29) is 16.2 Å². The quantitative estimate of drug-likeness (QED) is 0.180. The summed E-state index contributed by atoms with van der Waals surface area (Å²) < 4.78 is 6.75. The second kappa shape index (κ2) is 11.8. The van der Waals surface area contributed by atoms with Gasteiger partial charge in [-0.3, -0.25) is 0 Å². The highest BCUT2D eigenvalue weighted by molar-refractivity contribution is 6.12. The third kappa shape index (κ3) is 4.70. The molecule has 6 aromatic carbocycles. The minimum absolute atomic E-state index is 0.0813. The number of aromatic nitrogens is 2. The highest BCUT2D eigenvalue weighted by Crippen LogP contribution is 2.53. The van der Waals surface area contributed by atoms with Gasteiger partial charge in [-0.25, -0.2) is 4.98 Å². The molecule has 0 spiro atoms. The molecule has 0 fully saturated rings. The van der Waals surface area contributed by atoms with Crippen LogP contribution in [0.1, 0.15) is 81.3 Å². The van der Waals surface area contributed by atoms with Gasteiger partial charge >= 0.3 is 0 Å². The molecule has 0 N–H and O–H groups in total. The number of benzene rings is 6. The first-order valence-corrected chi connectivity index (χ1v) is 21.0. The summed E-state index contributed by atoms with van der Waals surface area (Å²) in [6, 6.07) is 44.9. The average molecular weight is 761 g/mol. The van der Waals surface area contributed by atoms with Gasteiger partial charge in [0.2, 0.25) is 5.71 Å². The zero-order valence-corrected chi connectivity index (χ0v) is 34.4. The van der Waals surface area contributed by atoms with Crippen LogP contribution in [0.25, 0.3) is 83.7 Å².